The Bertz CT molecular complexity index is 486. The number of nitrogens with zero attached hydrogens (tertiary/aromatic N) is 3. The molecule has 0 unspecified atom stereocenters. The van der Waals surface area contributed by atoms with Crippen LogP contribution in [0.15, 0.2) is 18.5 Å². The molecule has 15 heavy (non-hydrogen) atoms. The average molecular weight is 221 g/mol. The van der Waals surface area contributed by atoms with Gasteiger partial charge >= 0.3 is 0 Å². The maximum Gasteiger partial charge on any atom is 0.180 e. The molecule has 0 N–H and O–H groups in total. The van der Waals surface area contributed by atoms with Gasteiger partial charge in [-0.2, -0.15) is 5.10 Å². The number of aryl methyl sites for hydroxylation is 2. The van der Waals surface area contributed by atoms with Gasteiger partial charge in [0.2, 0.25) is 0 Å². The van der Waals surface area contributed by atoms with Crippen LogP contribution >= 0.6 is 11.3 Å². The summed E-state index contributed by atoms with van der Waals surface area (Å²) in [6, 6.07) is 3.81. The average Bonchev–Trinajstić information content (AvgIpc) is 2.77. The summed E-state index contributed by atoms with van der Waals surface area (Å²) in [5.74, 6) is 0.801. The van der Waals surface area contributed by atoms with E-state index in [0.29, 0.717) is 12.2 Å². The smallest absolute Gasteiger partial charge is 0.180 e. The van der Waals surface area contributed by atoms with Crippen molar-refractivity contribution < 1.29 is 4.79 Å². The van der Waals surface area contributed by atoms with Crippen molar-refractivity contribution in [1.82, 2.24) is 14.8 Å². The Morgan fingerprint density at radius 3 is 2.87 bits per heavy atom. The minimum absolute atomic E-state index is 0.101. The summed E-state index contributed by atoms with van der Waals surface area (Å²) in [5.41, 5.74) is 0. The lowest BCUT2D eigenvalue weighted by Gasteiger charge is -1.97. The molecule has 0 amide bonds. The second-order valence-corrected chi connectivity index (χ2v) is 4.60. The fourth-order valence-corrected chi connectivity index (χ4v) is 2.10. The monoisotopic (exact) mass is 221 g/mol. The number of ketones is 1. The summed E-state index contributed by atoms with van der Waals surface area (Å²) >= 11 is 1.52. The standard InChI is InChI=1S/C10H11N3OS/c1-7-3-4-9(15-7)8(14)5-10-11-6-12-13(10)2/h3-4,6H,5H2,1-2H3. The van der Waals surface area contributed by atoms with Crippen molar-refractivity contribution in [2.45, 2.75) is 13.3 Å². The van der Waals surface area contributed by atoms with E-state index in [1.165, 1.54) is 17.7 Å². The summed E-state index contributed by atoms with van der Waals surface area (Å²) in [5, 5.41) is 3.93. The number of carbonyl (C=O) groups excluding carboxylic acids is 1. The molecule has 0 saturated heterocycles. The molecule has 0 saturated carbocycles. The number of hydrogen-bond donors (Lipinski definition) is 0. The maximum absolute atomic E-state index is 11.8. The summed E-state index contributed by atoms with van der Waals surface area (Å²) in [6.07, 6.45) is 1.78. The zero-order chi connectivity index (χ0) is 10.8. The molecule has 0 aliphatic rings. The highest BCUT2D eigenvalue weighted by molar-refractivity contribution is 7.14. The van der Waals surface area contributed by atoms with Crippen LogP contribution in [0, 0.1) is 6.92 Å². The van der Waals surface area contributed by atoms with Gasteiger partial charge in [-0.25, -0.2) is 4.98 Å². The van der Waals surface area contributed by atoms with E-state index in [2.05, 4.69) is 10.1 Å². The molecule has 0 bridgehead atoms. The Kier molecular flexibility index (Phi) is 2.64. The van der Waals surface area contributed by atoms with Gasteiger partial charge in [-0.15, -0.1) is 11.3 Å². The summed E-state index contributed by atoms with van der Waals surface area (Å²) in [7, 11) is 1.79. The first kappa shape index (κ1) is 10.0. The number of hydrogen-bond acceptors (Lipinski definition) is 4. The van der Waals surface area contributed by atoms with Crippen molar-refractivity contribution in [1.29, 1.82) is 0 Å². The number of Topliss-reactive ketones (excluding diaryl/α,β-unsaturated/α-hetero) is 1. The second-order valence-electron chi connectivity index (χ2n) is 3.31. The summed E-state index contributed by atoms with van der Waals surface area (Å²) < 4.78 is 1.62. The van der Waals surface area contributed by atoms with E-state index in [0.717, 1.165) is 9.75 Å². The second kappa shape index (κ2) is 3.94. The van der Waals surface area contributed by atoms with Gasteiger partial charge in [0.15, 0.2) is 5.78 Å². The van der Waals surface area contributed by atoms with E-state index in [9.17, 15) is 4.79 Å². The van der Waals surface area contributed by atoms with E-state index in [1.54, 1.807) is 11.7 Å². The van der Waals surface area contributed by atoms with Gasteiger partial charge in [0.25, 0.3) is 0 Å². The lowest BCUT2D eigenvalue weighted by atomic mass is 10.2. The van der Waals surface area contributed by atoms with Crippen molar-refractivity contribution in [2.75, 3.05) is 0 Å². The Hall–Kier alpha value is -1.49. The summed E-state index contributed by atoms with van der Waals surface area (Å²) in [6.45, 7) is 1.99. The first-order valence-electron chi connectivity index (χ1n) is 4.59. The van der Waals surface area contributed by atoms with Gasteiger partial charge in [-0.1, -0.05) is 0 Å². The molecule has 2 aromatic heterocycles. The van der Waals surface area contributed by atoms with Crippen molar-refractivity contribution >= 4 is 17.1 Å². The zero-order valence-corrected chi connectivity index (χ0v) is 9.41. The molecule has 0 radical (unpaired) electrons. The third-order valence-electron chi connectivity index (χ3n) is 2.14. The van der Waals surface area contributed by atoms with Crippen LogP contribution in [0.1, 0.15) is 20.4 Å². The fourth-order valence-electron chi connectivity index (χ4n) is 1.30. The lowest BCUT2D eigenvalue weighted by Crippen LogP contribution is -2.07. The van der Waals surface area contributed by atoms with Gasteiger partial charge in [0, 0.05) is 11.9 Å². The lowest BCUT2D eigenvalue weighted by molar-refractivity contribution is 0.0993. The maximum atomic E-state index is 11.8. The Morgan fingerprint density at radius 1 is 1.53 bits per heavy atom. The Morgan fingerprint density at radius 2 is 2.33 bits per heavy atom. The quantitative estimate of drug-likeness (QED) is 0.740. The predicted octanol–water partition coefficient (Wildman–Crippen LogP) is 1.61. The molecule has 4 nitrogen and oxygen atoms in total. The highest BCUT2D eigenvalue weighted by atomic mass is 32.1. The Balaban J connectivity index is 2.14. The van der Waals surface area contributed by atoms with E-state index < -0.39 is 0 Å². The Labute approximate surface area is 91.6 Å². The summed E-state index contributed by atoms with van der Waals surface area (Å²) in [4.78, 5) is 17.8. The number of thiophene rings is 1. The van der Waals surface area contributed by atoms with Crippen LogP contribution < -0.4 is 0 Å². The van der Waals surface area contributed by atoms with Crippen LogP contribution in [0.5, 0.6) is 0 Å². The number of rotatable bonds is 3. The minimum Gasteiger partial charge on any atom is -0.293 e. The van der Waals surface area contributed by atoms with Gasteiger partial charge in [0.1, 0.15) is 12.2 Å². The van der Waals surface area contributed by atoms with Crippen molar-refractivity contribution in [3.05, 3.63) is 34.0 Å². The molecule has 0 spiro atoms. The SMILES string of the molecule is Cc1ccc(C(=O)Cc2ncnn2C)s1. The van der Waals surface area contributed by atoms with E-state index in [-0.39, 0.29) is 5.78 Å². The van der Waals surface area contributed by atoms with Gasteiger partial charge < -0.3 is 0 Å². The van der Waals surface area contributed by atoms with Gasteiger partial charge in [-0.3, -0.25) is 9.48 Å². The minimum atomic E-state index is 0.101. The molecule has 2 aromatic rings. The first-order chi connectivity index (χ1) is 7.16. The first-order valence-corrected chi connectivity index (χ1v) is 5.41. The zero-order valence-electron chi connectivity index (χ0n) is 8.60. The van der Waals surface area contributed by atoms with Crippen LogP contribution in [0.4, 0.5) is 0 Å². The number of aromatic nitrogens is 3. The normalized spacial score (nSPS) is 10.5. The van der Waals surface area contributed by atoms with E-state index >= 15 is 0 Å². The highest BCUT2D eigenvalue weighted by Crippen LogP contribution is 2.16. The van der Waals surface area contributed by atoms with Gasteiger partial charge in [0.05, 0.1) is 11.3 Å². The number of carbonyl (C=O) groups is 1. The molecular weight excluding hydrogens is 210 g/mol. The highest BCUT2D eigenvalue weighted by Gasteiger charge is 2.12. The van der Waals surface area contributed by atoms with Crippen molar-refractivity contribution in [3.8, 4) is 0 Å². The van der Waals surface area contributed by atoms with Crippen LogP contribution in [0.2, 0.25) is 0 Å². The molecule has 78 valence electrons. The molecule has 0 fully saturated rings. The van der Waals surface area contributed by atoms with Crippen LogP contribution in [-0.4, -0.2) is 20.5 Å². The topological polar surface area (TPSA) is 47.8 Å². The van der Waals surface area contributed by atoms with Crippen LogP contribution in [-0.2, 0) is 13.5 Å². The molecule has 2 heterocycles. The van der Waals surface area contributed by atoms with Crippen LogP contribution in [0.3, 0.4) is 0 Å². The van der Waals surface area contributed by atoms with Gasteiger partial charge in [-0.05, 0) is 19.1 Å². The molecule has 0 aromatic carbocycles. The molecule has 0 aliphatic heterocycles. The molecule has 2 rings (SSSR count). The third kappa shape index (κ3) is 2.12. The largest absolute Gasteiger partial charge is 0.293 e. The molecular formula is C10H11N3OS. The van der Waals surface area contributed by atoms with E-state index in [4.69, 9.17) is 0 Å². The third-order valence-corrected chi connectivity index (χ3v) is 3.18. The van der Waals surface area contributed by atoms with Crippen LogP contribution in [0.25, 0.3) is 0 Å². The predicted molar refractivity (Wildman–Crippen MR) is 58.1 cm³/mol. The molecule has 0 aliphatic carbocycles. The fraction of sp³-hybridized carbons (Fsp3) is 0.300. The molecule has 0 atom stereocenters. The molecule has 5 heteroatoms. The van der Waals surface area contributed by atoms with E-state index in [1.807, 2.05) is 19.1 Å². The van der Waals surface area contributed by atoms with Crippen molar-refractivity contribution in [3.63, 3.8) is 0 Å². The van der Waals surface area contributed by atoms with Crippen molar-refractivity contribution in [2.24, 2.45) is 7.05 Å².